The third kappa shape index (κ3) is 40.6. The van der Waals surface area contributed by atoms with Gasteiger partial charge in [0, 0.05) is 111 Å². The largest absolute Gasteiger partial charge is 0.481 e. The minimum Gasteiger partial charge on any atom is -0.481 e. The Labute approximate surface area is 649 Å². The molecule has 4 aromatic heterocycles. The van der Waals surface area contributed by atoms with Crippen molar-refractivity contribution in [3.05, 3.63) is 115 Å². The molecule has 30 nitrogen and oxygen atoms in total. The quantitative estimate of drug-likeness (QED) is 0.0107. The van der Waals surface area contributed by atoms with E-state index in [-0.39, 0.29) is 48.0 Å². The van der Waals surface area contributed by atoms with Crippen LogP contribution in [0.2, 0.25) is 0 Å². The number of unbranched alkanes of at least 4 members (excludes halogenated alkanes) is 8. The van der Waals surface area contributed by atoms with Crippen LogP contribution >= 0.6 is 0 Å². The summed E-state index contributed by atoms with van der Waals surface area (Å²) in [4.78, 5) is 111. The van der Waals surface area contributed by atoms with Gasteiger partial charge >= 0.3 is 24.1 Å². The van der Waals surface area contributed by atoms with Gasteiger partial charge in [-0.25, -0.2) is 39.5 Å². The van der Waals surface area contributed by atoms with Crippen molar-refractivity contribution in [3.63, 3.8) is 0 Å². The van der Waals surface area contributed by atoms with Crippen molar-refractivity contribution in [1.29, 1.82) is 0 Å². The smallest absolute Gasteiger partial charge is 0.416 e. The number of anilines is 2. The number of ketones is 2. The maximum absolute atomic E-state index is 12.9. The van der Waals surface area contributed by atoms with Gasteiger partial charge in [-0.1, -0.05) is 60.9 Å². The van der Waals surface area contributed by atoms with Gasteiger partial charge in [-0.2, -0.15) is 0 Å². The highest BCUT2D eigenvalue weighted by atomic mass is 16.6. The van der Waals surface area contributed by atoms with Crippen LogP contribution in [0.25, 0.3) is 20.9 Å². The zero-order valence-electron chi connectivity index (χ0n) is 66.4. The summed E-state index contributed by atoms with van der Waals surface area (Å²) < 4.78 is 48.8. The summed E-state index contributed by atoms with van der Waals surface area (Å²) in [7, 11) is 0. The fourth-order valence-corrected chi connectivity index (χ4v) is 12.4. The van der Waals surface area contributed by atoms with Crippen LogP contribution in [0.3, 0.4) is 0 Å². The zero-order chi connectivity index (χ0) is 79.5. The number of ether oxygens (including phenoxy) is 9. The monoisotopic (exact) mass is 1530 g/mol. The van der Waals surface area contributed by atoms with E-state index in [9.17, 15) is 33.9 Å². The van der Waals surface area contributed by atoms with Crippen molar-refractivity contribution >= 4 is 47.3 Å². The molecule has 30 heteroatoms. The van der Waals surface area contributed by atoms with Gasteiger partial charge in [-0.15, -0.1) is 0 Å². The highest BCUT2D eigenvalue weighted by Gasteiger charge is 2.31. The van der Waals surface area contributed by atoms with Gasteiger partial charge in [0.25, 0.3) is 0 Å². The van der Waals surface area contributed by atoms with Gasteiger partial charge in [0.15, 0.2) is 0 Å². The maximum atomic E-state index is 12.9. The number of amides is 2. The Hall–Kier alpha value is -8.34. The van der Waals surface area contributed by atoms with E-state index in [1.54, 1.807) is 22.2 Å². The maximum Gasteiger partial charge on any atom is 0.416 e. The molecular weight excluding hydrogens is 1410 g/mol. The molecule has 0 radical (unpaired) electrons. The van der Waals surface area contributed by atoms with Crippen LogP contribution in [-0.4, -0.2) is 194 Å². The summed E-state index contributed by atoms with van der Waals surface area (Å²) in [6.45, 7) is 20.0. The fourth-order valence-electron chi connectivity index (χ4n) is 12.4. The lowest BCUT2D eigenvalue weighted by Gasteiger charge is -2.31. The van der Waals surface area contributed by atoms with Crippen LogP contribution < -0.4 is 9.80 Å². The molecule has 2 aliphatic heterocycles. The number of aliphatic carboxylic acids is 1. The van der Waals surface area contributed by atoms with Gasteiger partial charge in [-0.3, -0.25) is 29.0 Å². The molecule has 0 aromatic carbocycles. The fraction of sp³-hybridized carbons (Fsp3) is 0.700. The van der Waals surface area contributed by atoms with E-state index >= 15 is 0 Å². The number of fused-ring (bicyclic) bond motifs is 2. The average Bonchev–Trinajstić information content (AvgIpc) is 0.808. The van der Waals surface area contributed by atoms with Crippen molar-refractivity contribution < 1.29 is 76.5 Å². The van der Waals surface area contributed by atoms with E-state index in [2.05, 4.69) is 64.3 Å². The molecule has 2 aliphatic rings. The number of aryl methyl sites for hydroxylation is 6. The number of carbonyl (C=O) groups excluding carboxylic acids is 5. The molecule has 0 saturated heterocycles. The first-order chi connectivity index (χ1) is 53.1. The summed E-state index contributed by atoms with van der Waals surface area (Å²) in [5.74, 6) is 1.94. The Bertz CT molecular complexity index is 3440. The van der Waals surface area contributed by atoms with Crippen LogP contribution in [-0.2, 0) is 100 Å². The summed E-state index contributed by atoms with van der Waals surface area (Å²) in [6, 6.07) is 8.31. The number of carboxylic acids is 1. The first-order valence-electron chi connectivity index (χ1n) is 39.6. The Morgan fingerprint density at radius 2 is 0.855 bits per heavy atom. The van der Waals surface area contributed by atoms with E-state index in [4.69, 9.17) is 63.7 Å². The van der Waals surface area contributed by atoms with Crippen LogP contribution in [0.15, 0.2) is 59.3 Å². The zero-order valence-corrected chi connectivity index (χ0v) is 66.4. The van der Waals surface area contributed by atoms with Gasteiger partial charge in [0.1, 0.15) is 46.1 Å². The minimum atomic E-state index is -0.840. The molecule has 6 rings (SSSR count). The molecule has 0 saturated carbocycles. The SMILES string of the molecule is CC(C)(C)OC(=O)N1CCCc2ccc(CCCCCC[C@@H](CC(=O)O)c3cnc(CCCCC(=O)CCOCCOCCOCCN=[N+]=[N-])nc3)nc21.CCOC(=O)C[C@H](CCCCCCc1ccc2c(n1)N(C(=O)OC(C)(C)C)CCC2)c1cnc(CCCCC(=O)CCOCCOCCOCCN=[N+]=[N-])nc1. The highest BCUT2D eigenvalue weighted by molar-refractivity contribution is 5.89. The number of aromatic nitrogens is 6. The van der Waals surface area contributed by atoms with E-state index in [0.717, 1.165) is 174 Å². The standard InChI is InChI=1S/C41H63N7O8.C39H59N7O8/c1-5-55-38(50)29-33(13-8-6-7-9-15-35-19-18-32-14-12-22-48(39(32)46-35)40(51)56-41(2,3)4)34-30-43-37(44-31-34)17-11-10-16-36(49)20-23-52-25-27-54-28-26-53-24-21-45-47-42;1-39(2,3)54-38(50)46-20-10-12-30-16-17-33(44-37(30)46)13-7-5-4-6-11-31(27-36(48)49)32-28-41-35(42-29-32)15-9-8-14-34(47)18-21-51-23-25-53-26-24-52-22-19-43-45-40/h18-19,30-31,33H,5-17,20-29H2,1-4H3;16-17,28-29,31H,4-15,18-27H2,1-3H3,(H,48,49)/t33-;31-/m00/s1. The minimum absolute atomic E-state index is 0.0221. The predicted molar refractivity (Wildman–Crippen MR) is 416 cm³/mol. The summed E-state index contributed by atoms with van der Waals surface area (Å²) in [5, 5.41) is 16.3. The Balaban J connectivity index is 0.000000394. The molecule has 6 heterocycles. The van der Waals surface area contributed by atoms with Crippen molar-refractivity contribution in [1.82, 2.24) is 29.9 Å². The lowest BCUT2D eigenvalue weighted by Crippen LogP contribution is -2.40. The summed E-state index contributed by atoms with van der Waals surface area (Å²) in [6.07, 6.45) is 27.5. The van der Waals surface area contributed by atoms with Crippen LogP contribution in [0.4, 0.5) is 21.2 Å². The number of hydrogen-bond acceptors (Lipinski definition) is 23. The lowest BCUT2D eigenvalue weighted by atomic mass is 9.92. The van der Waals surface area contributed by atoms with Gasteiger partial charge in [0.05, 0.1) is 98.7 Å². The predicted octanol–water partition coefficient (Wildman–Crippen LogP) is 15.2. The molecule has 0 aliphatic carbocycles. The second-order valence-electron chi connectivity index (χ2n) is 29.4. The Morgan fingerprint density at radius 1 is 0.482 bits per heavy atom. The Morgan fingerprint density at radius 3 is 1.24 bits per heavy atom. The topological polar surface area (TPSA) is 387 Å². The van der Waals surface area contributed by atoms with Crippen molar-refractivity contribution in [2.24, 2.45) is 10.2 Å². The number of pyridine rings is 2. The second kappa shape index (κ2) is 54.3. The van der Waals surface area contributed by atoms with Gasteiger partial charge in [0.2, 0.25) is 0 Å². The van der Waals surface area contributed by atoms with E-state index in [1.807, 2.05) is 60.9 Å². The lowest BCUT2D eigenvalue weighted by molar-refractivity contribution is -0.143. The number of Topliss-reactive ketones (excluding diaryl/α,β-unsaturated/α-hetero) is 2. The Kier molecular flexibility index (Phi) is 45.6. The molecule has 4 aromatic rings. The molecule has 2 amide bonds. The van der Waals surface area contributed by atoms with Crippen LogP contribution in [0.1, 0.15) is 247 Å². The molecule has 2 atom stereocenters. The number of hydrogen-bond donors (Lipinski definition) is 1. The number of nitrogens with zero attached hydrogens (tertiary/aromatic N) is 14. The normalized spacial score (nSPS) is 13.2. The molecule has 1 N–H and O–H groups in total. The number of azide groups is 2. The van der Waals surface area contributed by atoms with Crippen LogP contribution in [0, 0.1) is 0 Å². The first-order valence-corrected chi connectivity index (χ1v) is 39.6. The first kappa shape index (κ1) is 92.3. The van der Waals surface area contributed by atoms with Gasteiger partial charge < -0.3 is 47.7 Å². The van der Waals surface area contributed by atoms with Crippen LogP contribution in [0.5, 0.6) is 0 Å². The molecule has 110 heavy (non-hydrogen) atoms. The number of rotatable bonds is 55. The molecule has 0 bridgehead atoms. The van der Waals surface area contributed by atoms with Crippen molar-refractivity contribution in [2.45, 2.75) is 251 Å². The molecule has 0 unspecified atom stereocenters. The number of carboxylic acid groups (broad SMARTS) is 1. The summed E-state index contributed by atoms with van der Waals surface area (Å²) >= 11 is 0. The van der Waals surface area contributed by atoms with Crippen molar-refractivity contribution in [3.8, 4) is 0 Å². The highest BCUT2D eigenvalue weighted by Crippen LogP contribution is 2.32. The number of esters is 1. The average molecular weight is 1540 g/mol. The number of carbonyl (C=O) groups is 6. The van der Waals surface area contributed by atoms with E-state index in [0.29, 0.717) is 169 Å². The second-order valence-corrected chi connectivity index (χ2v) is 29.4. The molecule has 0 spiro atoms. The molecule has 608 valence electrons. The molecular formula is C80H122N14O16. The van der Waals surface area contributed by atoms with Gasteiger partial charge in [-0.05, 0) is 196 Å². The van der Waals surface area contributed by atoms with Crippen molar-refractivity contribution in [2.75, 3.05) is 122 Å². The third-order valence-corrected chi connectivity index (χ3v) is 18.0. The molecule has 0 fully saturated rings. The van der Waals surface area contributed by atoms with E-state index in [1.165, 1.54) is 0 Å². The third-order valence-electron chi connectivity index (χ3n) is 18.0. The van der Waals surface area contributed by atoms with E-state index < -0.39 is 17.2 Å². The summed E-state index contributed by atoms with van der Waals surface area (Å²) in [5.41, 5.74) is 21.1.